The normalized spacial score (nSPS) is 12.3. The van der Waals surface area contributed by atoms with Crippen LogP contribution in [0.1, 0.15) is 5.56 Å². The molecule has 1 atom stereocenters. The third-order valence-electron chi connectivity index (χ3n) is 3.73. The Bertz CT molecular complexity index is 876. The number of aromatic nitrogens is 1. The van der Waals surface area contributed by atoms with E-state index >= 15 is 0 Å². The fourth-order valence-electron chi connectivity index (χ4n) is 2.50. The van der Waals surface area contributed by atoms with Crippen LogP contribution in [0.4, 0.5) is 14.5 Å². The molecule has 1 amide bonds. The van der Waals surface area contributed by atoms with Gasteiger partial charge in [0.15, 0.2) is 0 Å². The van der Waals surface area contributed by atoms with E-state index in [4.69, 9.17) is 5.73 Å². The number of hydrogen-bond acceptors (Lipinski definition) is 4. The molecule has 0 saturated carbocycles. The van der Waals surface area contributed by atoms with Crippen LogP contribution in [0.2, 0.25) is 0 Å². The molecule has 3 aromatic rings. The van der Waals surface area contributed by atoms with Gasteiger partial charge in [0.05, 0.1) is 21.8 Å². The van der Waals surface area contributed by atoms with Gasteiger partial charge in [-0.05, 0) is 42.3 Å². The van der Waals surface area contributed by atoms with E-state index < -0.39 is 17.7 Å². The number of likely N-dealkylation sites (N-methyl/N-ethyl adjacent to an activating group) is 1. The molecule has 2 N–H and O–H groups in total. The maximum Gasteiger partial charge on any atom is 0.243 e. The van der Waals surface area contributed by atoms with Crippen LogP contribution in [-0.4, -0.2) is 24.0 Å². The molecule has 0 radical (unpaired) electrons. The van der Waals surface area contributed by atoms with Crippen molar-refractivity contribution in [2.24, 2.45) is 5.73 Å². The van der Waals surface area contributed by atoms with E-state index in [9.17, 15) is 13.6 Å². The quantitative estimate of drug-likeness (QED) is 0.789. The average Bonchev–Trinajstić information content (AvgIpc) is 2.99. The number of hydrogen-bond donors (Lipinski definition) is 1. The second-order valence-electron chi connectivity index (χ2n) is 5.49. The highest BCUT2D eigenvalue weighted by atomic mass is 32.1. The molecule has 4 nitrogen and oxygen atoms in total. The summed E-state index contributed by atoms with van der Waals surface area (Å²) in [4.78, 5) is 18.1. The van der Waals surface area contributed by atoms with Crippen LogP contribution in [0.3, 0.4) is 0 Å². The second-order valence-corrected chi connectivity index (χ2v) is 6.38. The first-order valence-electron chi connectivity index (χ1n) is 7.25. The maximum absolute atomic E-state index is 13.2. The summed E-state index contributed by atoms with van der Waals surface area (Å²) in [5, 5.41) is 0. The summed E-state index contributed by atoms with van der Waals surface area (Å²) in [6.45, 7) is 0. The molecule has 124 valence electrons. The maximum atomic E-state index is 13.2. The predicted octanol–water partition coefficient (Wildman–Crippen LogP) is 3.11. The number of nitrogens with zero attached hydrogens (tertiary/aromatic N) is 2. The molecule has 24 heavy (non-hydrogen) atoms. The van der Waals surface area contributed by atoms with Gasteiger partial charge >= 0.3 is 0 Å². The monoisotopic (exact) mass is 347 g/mol. The first kappa shape index (κ1) is 16.5. The summed E-state index contributed by atoms with van der Waals surface area (Å²) >= 11 is 1.52. The first-order chi connectivity index (χ1) is 11.4. The number of thiazole rings is 1. The van der Waals surface area contributed by atoms with E-state index in [1.54, 1.807) is 18.6 Å². The molecule has 1 aromatic heterocycles. The largest absolute Gasteiger partial charge is 0.320 e. The molecule has 0 aliphatic heterocycles. The highest BCUT2D eigenvalue weighted by Gasteiger charge is 2.20. The van der Waals surface area contributed by atoms with Crippen LogP contribution >= 0.6 is 11.3 Å². The lowest BCUT2D eigenvalue weighted by molar-refractivity contribution is -0.119. The van der Waals surface area contributed by atoms with Gasteiger partial charge in [-0.1, -0.05) is 0 Å². The van der Waals surface area contributed by atoms with Crippen molar-refractivity contribution in [2.45, 2.75) is 12.5 Å². The molecule has 2 aromatic carbocycles. The Labute approximate surface area is 141 Å². The summed E-state index contributed by atoms with van der Waals surface area (Å²) in [7, 11) is 1.61. The van der Waals surface area contributed by atoms with Crippen LogP contribution in [0, 0.1) is 11.6 Å². The Morgan fingerprint density at radius 2 is 1.96 bits per heavy atom. The van der Waals surface area contributed by atoms with Gasteiger partial charge in [0, 0.05) is 18.8 Å². The SMILES string of the molecule is CN(C(=O)C(N)Cc1cc(F)cc(F)c1)c1ccc2scnc2c1. The van der Waals surface area contributed by atoms with E-state index in [1.165, 1.54) is 28.4 Å². The van der Waals surface area contributed by atoms with Gasteiger partial charge < -0.3 is 10.6 Å². The number of nitrogens with two attached hydrogens (primary N) is 1. The van der Waals surface area contributed by atoms with Crippen LogP contribution in [0.5, 0.6) is 0 Å². The van der Waals surface area contributed by atoms with Gasteiger partial charge in [0.1, 0.15) is 11.6 Å². The van der Waals surface area contributed by atoms with E-state index in [-0.39, 0.29) is 12.3 Å². The molecule has 0 fully saturated rings. The highest BCUT2D eigenvalue weighted by molar-refractivity contribution is 7.16. The zero-order valence-corrected chi connectivity index (χ0v) is 13.7. The first-order valence-corrected chi connectivity index (χ1v) is 8.13. The summed E-state index contributed by atoms with van der Waals surface area (Å²) < 4.78 is 27.5. The Hall–Kier alpha value is -2.38. The lowest BCUT2D eigenvalue weighted by atomic mass is 10.0. The molecule has 0 aliphatic rings. The number of benzene rings is 2. The number of rotatable bonds is 4. The van der Waals surface area contributed by atoms with E-state index in [0.717, 1.165) is 16.3 Å². The average molecular weight is 347 g/mol. The number of carbonyl (C=O) groups excluding carboxylic acids is 1. The molecule has 0 spiro atoms. The lowest BCUT2D eigenvalue weighted by Gasteiger charge is -2.21. The van der Waals surface area contributed by atoms with Crippen LogP contribution in [0.15, 0.2) is 41.9 Å². The number of anilines is 1. The predicted molar refractivity (Wildman–Crippen MR) is 91.1 cm³/mol. The zero-order valence-electron chi connectivity index (χ0n) is 12.9. The van der Waals surface area contributed by atoms with Gasteiger partial charge in [-0.15, -0.1) is 11.3 Å². The van der Waals surface area contributed by atoms with E-state index in [1.807, 2.05) is 12.1 Å². The van der Waals surface area contributed by atoms with Crippen molar-refractivity contribution in [3.05, 3.63) is 59.1 Å². The Balaban J connectivity index is 1.76. The third kappa shape index (κ3) is 3.42. The summed E-state index contributed by atoms with van der Waals surface area (Å²) in [6, 6.07) is 7.74. The highest BCUT2D eigenvalue weighted by Crippen LogP contribution is 2.24. The molecule has 1 unspecified atom stereocenters. The molecular weight excluding hydrogens is 332 g/mol. The molecule has 0 saturated heterocycles. The van der Waals surface area contributed by atoms with Crippen molar-refractivity contribution in [1.29, 1.82) is 0 Å². The van der Waals surface area contributed by atoms with Crippen molar-refractivity contribution in [3.63, 3.8) is 0 Å². The molecule has 3 rings (SSSR count). The van der Waals surface area contributed by atoms with Gasteiger partial charge in [0.25, 0.3) is 0 Å². The van der Waals surface area contributed by atoms with Gasteiger partial charge in [0.2, 0.25) is 5.91 Å². The Morgan fingerprint density at radius 1 is 1.25 bits per heavy atom. The summed E-state index contributed by atoms with van der Waals surface area (Å²) in [5.41, 5.74) is 9.48. The Kier molecular flexibility index (Phi) is 4.55. The van der Waals surface area contributed by atoms with Crippen molar-refractivity contribution in [1.82, 2.24) is 4.98 Å². The van der Waals surface area contributed by atoms with Gasteiger partial charge in [-0.25, -0.2) is 13.8 Å². The van der Waals surface area contributed by atoms with E-state index in [2.05, 4.69) is 4.98 Å². The molecule has 0 bridgehead atoms. The second kappa shape index (κ2) is 6.62. The van der Waals surface area contributed by atoms with Gasteiger partial charge in [-0.2, -0.15) is 0 Å². The molecule has 1 heterocycles. The van der Waals surface area contributed by atoms with Crippen molar-refractivity contribution >= 4 is 33.1 Å². The Morgan fingerprint density at radius 3 is 2.67 bits per heavy atom. The van der Waals surface area contributed by atoms with Crippen molar-refractivity contribution in [3.8, 4) is 0 Å². The summed E-state index contributed by atoms with van der Waals surface area (Å²) in [5.74, 6) is -1.71. The topological polar surface area (TPSA) is 59.2 Å². The number of amides is 1. The standard InChI is InChI=1S/C17H15F2N3OS/c1-22(13-2-3-16-15(8-13)21-9-24-16)17(23)14(20)6-10-4-11(18)7-12(19)5-10/h2-5,7-9,14H,6,20H2,1H3. The molecule has 7 heteroatoms. The number of fused-ring (bicyclic) bond motifs is 1. The lowest BCUT2D eigenvalue weighted by Crippen LogP contribution is -2.43. The fourth-order valence-corrected chi connectivity index (χ4v) is 3.16. The van der Waals surface area contributed by atoms with Crippen LogP contribution < -0.4 is 10.6 Å². The zero-order chi connectivity index (χ0) is 17.3. The van der Waals surface area contributed by atoms with Crippen LogP contribution in [-0.2, 0) is 11.2 Å². The van der Waals surface area contributed by atoms with E-state index in [0.29, 0.717) is 11.3 Å². The smallest absolute Gasteiger partial charge is 0.243 e. The molecule has 0 aliphatic carbocycles. The number of carbonyl (C=O) groups is 1. The van der Waals surface area contributed by atoms with Crippen molar-refractivity contribution < 1.29 is 13.6 Å². The minimum Gasteiger partial charge on any atom is -0.320 e. The third-order valence-corrected chi connectivity index (χ3v) is 4.54. The fraction of sp³-hybridized carbons (Fsp3) is 0.176. The van der Waals surface area contributed by atoms with Crippen molar-refractivity contribution in [2.75, 3.05) is 11.9 Å². The summed E-state index contributed by atoms with van der Waals surface area (Å²) in [6.07, 6.45) is 0.0524. The minimum atomic E-state index is -0.901. The molecular formula is C17H15F2N3OS. The van der Waals surface area contributed by atoms with Crippen LogP contribution in [0.25, 0.3) is 10.2 Å². The van der Waals surface area contributed by atoms with Gasteiger partial charge in [-0.3, -0.25) is 4.79 Å². The minimum absolute atomic E-state index is 0.0524. The number of halogens is 2.